The van der Waals surface area contributed by atoms with E-state index < -0.39 is 11.4 Å². The van der Waals surface area contributed by atoms with Gasteiger partial charge in [-0.1, -0.05) is 48.5 Å². The lowest BCUT2D eigenvalue weighted by molar-refractivity contribution is -0.258. The fourth-order valence-corrected chi connectivity index (χ4v) is 11.7. The summed E-state index contributed by atoms with van der Waals surface area (Å²) in [5.74, 6) is 2.75. The van der Waals surface area contributed by atoms with Crippen LogP contribution in [0.15, 0.2) is 0 Å². The van der Waals surface area contributed by atoms with E-state index in [1.807, 2.05) is 0 Å². The van der Waals surface area contributed by atoms with Gasteiger partial charge in [-0.25, -0.2) is 0 Å². The van der Waals surface area contributed by atoms with Crippen LogP contribution in [0.1, 0.15) is 113 Å². The molecule has 0 saturated heterocycles. The molecular formula is C30H50O3. The van der Waals surface area contributed by atoms with E-state index in [0.29, 0.717) is 35.5 Å². The van der Waals surface area contributed by atoms with E-state index in [0.717, 1.165) is 38.5 Å². The van der Waals surface area contributed by atoms with E-state index in [4.69, 9.17) is 0 Å². The Balaban J connectivity index is 1.56. The van der Waals surface area contributed by atoms with E-state index in [-0.39, 0.29) is 27.8 Å². The molecule has 0 aliphatic heterocycles. The predicted molar refractivity (Wildman–Crippen MR) is 133 cm³/mol. The molecular weight excluding hydrogens is 408 g/mol. The maximum atomic E-state index is 12.8. The van der Waals surface area contributed by atoms with Crippen molar-refractivity contribution in [3.8, 4) is 0 Å². The van der Waals surface area contributed by atoms with Gasteiger partial charge in [0, 0.05) is 0 Å². The highest BCUT2D eigenvalue weighted by atomic mass is 16.4. The minimum absolute atomic E-state index is 0.00950. The zero-order valence-corrected chi connectivity index (χ0v) is 22.4. The monoisotopic (exact) mass is 458 g/mol. The summed E-state index contributed by atoms with van der Waals surface area (Å²) in [5, 5.41) is 21.5. The number of rotatable bonds is 1. The van der Waals surface area contributed by atoms with Crippen molar-refractivity contribution >= 4 is 5.97 Å². The summed E-state index contributed by atoms with van der Waals surface area (Å²) in [5.41, 5.74) is 0.280. The van der Waals surface area contributed by atoms with Crippen molar-refractivity contribution in [2.24, 2.45) is 62.6 Å². The summed E-state index contributed by atoms with van der Waals surface area (Å²) in [7, 11) is 0. The van der Waals surface area contributed by atoms with Crippen molar-refractivity contribution in [1.29, 1.82) is 0 Å². The molecule has 188 valence electrons. The third-order valence-electron chi connectivity index (χ3n) is 14.0. The minimum Gasteiger partial charge on any atom is -0.481 e. The van der Waals surface area contributed by atoms with Crippen LogP contribution in [0.25, 0.3) is 0 Å². The van der Waals surface area contributed by atoms with Crippen molar-refractivity contribution in [2.45, 2.75) is 119 Å². The Morgan fingerprint density at radius 1 is 0.758 bits per heavy atom. The van der Waals surface area contributed by atoms with Crippen molar-refractivity contribution in [3.63, 3.8) is 0 Å². The Kier molecular flexibility index (Phi) is 5.29. The number of carbonyl (C=O) groups is 1. The smallest absolute Gasteiger partial charge is 0.309 e. The topological polar surface area (TPSA) is 57.5 Å². The van der Waals surface area contributed by atoms with Gasteiger partial charge < -0.3 is 10.2 Å². The summed E-state index contributed by atoms with van der Waals surface area (Å²) < 4.78 is 0. The number of aliphatic hydroxyl groups is 1. The van der Waals surface area contributed by atoms with E-state index in [9.17, 15) is 15.0 Å². The van der Waals surface area contributed by atoms with Crippen molar-refractivity contribution in [3.05, 3.63) is 0 Å². The van der Waals surface area contributed by atoms with Crippen molar-refractivity contribution < 1.29 is 15.0 Å². The number of fused-ring (bicyclic) bond motifs is 7. The summed E-state index contributed by atoms with van der Waals surface area (Å²) in [6, 6.07) is 0. The zero-order chi connectivity index (χ0) is 24.2. The first kappa shape index (κ1) is 24.1. The molecule has 5 aliphatic carbocycles. The van der Waals surface area contributed by atoms with Gasteiger partial charge in [-0.05, 0) is 121 Å². The van der Waals surface area contributed by atoms with Crippen LogP contribution in [0, 0.1) is 62.6 Å². The first-order chi connectivity index (χ1) is 15.3. The number of hydrogen-bond acceptors (Lipinski definition) is 2. The summed E-state index contributed by atoms with van der Waals surface area (Å²) in [4.78, 5) is 12.8. The van der Waals surface area contributed by atoms with Crippen molar-refractivity contribution in [2.75, 3.05) is 0 Å². The van der Waals surface area contributed by atoms with Crippen LogP contribution < -0.4 is 0 Å². The molecule has 5 aliphatic rings. The molecule has 0 aromatic rings. The molecule has 0 unspecified atom stereocenters. The molecule has 0 bridgehead atoms. The number of aliphatic carboxylic acids is 1. The van der Waals surface area contributed by atoms with Crippen molar-refractivity contribution in [1.82, 2.24) is 0 Å². The predicted octanol–water partition coefficient (Wildman–Crippen LogP) is 7.17. The van der Waals surface area contributed by atoms with Gasteiger partial charge in [0.1, 0.15) is 0 Å². The third kappa shape index (κ3) is 2.81. The Labute approximate surface area is 202 Å². The Bertz CT molecular complexity index is 819. The van der Waals surface area contributed by atoms with Gasteiger partial charge in [0.15, 0.2) is 0 Å². The summed E-state index contributed by atoms with van der Waals surface area (Å²) in [6.07, 6.45) is 10.8. The molecule has 0 aromatic carbocycles. The number of carboxylic acid groups (broad SMARTS) is 1. The fraction of sp³-hybridized carbons (Fsp3) is 0.967. The van der Waals surface area contributed by atoms with Gasteiger partial charge in [0.2, 0.25) is 0 Å². The highest BCUT2D eigenvalue weighted by Crippen LogP contribution is 2.77. The number of carboxylic acids is 1. The van der Waals surface area contributed by atoms with Crippen LogP contribution in [0.4, 0.5) is 0 Å². The average Bonchev–Trinajstić information content (AvgIpc) is 2.74. The van der Waals surface area contributed by atoms with Crippen LogP contribution in [-0.2, 0) is 4.79 Å². The molecule has 5 fully saturated rings. The minimum atomic E-state index is -0.501. The van der Waals surface area contributed by atoms with Crippen LogP contribution in [-0.4, -0.2) is 22.3 Å². The molecule has 5 saturated carbocycles. The van der Waals surface area contributed by atoms with Gasteiger partial charge in [-0.2, -0.15) is 0 Å². The number of hydrogen-bond donors (Lipinski definition) is 2. The van der Waals surface area contributed by atoms with Gasteiger partial charge in [0.05, 0.1) is 11.5 Å². The Morgan fingerprint density at radius 2 is 1.45 bits per heavy atom. The maximum Gasteiger partial charge on any atom is 0.309 e. The lowest BCUT2D eigenvalue weighted by Crippen LogP contribution is -2.68. The molecule has 33 heavy (non-hydrogen) atoms. The Morgan fingerprint density at radius 3 is 2.12 bits per heavy atom. The summed E-state index contributed by atoms with van der Waals surface area (Å²) in [6.45, 7) is 17.2. The molecule has 0 heterocycles. The quantitative estimate of drug-likeness (QED) is 0.438. The van der Waals surface area contributed by atoms with Crippen LogP contribution in [0.3, 0.4) is 0 Å². The molecule has 2 N–H and O–H groups in total. The second kappa shape index (κ2) is 7.23. The first-order valence-electron chi connectivity index (χ1n) is 14.2. The molecule has 0 radical (unpaired) electrons. The molecule has 0 aromatic heterocycles. The molecule has 3 nitrogen and oxygen atoms in total. The van der Waals surface area contributed by atoms with Crippen LogP contribution in [0.5, 0.6) is 0 Å². The lowest BCUT2D eigenvalue weighted by atomic mass is 9.31. The normalized spacial score (nSPS) is 57.8. The molecule has 0 spiro atoms. The molecule has 0 amide bonds. The SMILES string of the molecule is C[C@@H]1[C@H]2[C@H]3CC[C@@H]4[C@@]5(C)CC[C@H](O)C(C)(C)[C@@H]5CC[C@@]4(C)[C@]3(C)CC[C@@]2(C(=O)O)CC[C@@H]1C. The summed E-state index contributed by atoms with van der Waals surface area (Å²) >= 11 is 0. The molecule has 11 atom stereocenters. The van der Waals surface area contributed by atoms with Crippen LogP contribution >= 0.6 is 0 Å². The average molecular weight is 459 g/mol. The first-order valence-corrected chi connectivity index (χ1v) is 14.2. The third-order valence-corrected chi connectivity index (χ3v) is 14.0. The van der Waals surface area contributed by atoms with Gasteiger partial charge >= 0.3 is 5.97 Å². The maximum absolute atomic E-state index is 12.8. The molecule has 5 rings (SSSR count). The van der Waals surface area contributed by atoms with Gasteiger partial charge in [-0.15, -0.1) is 0 Å². The fourth-order valence-electron chi connectivity index (χ4n) is 11.7. The standard InChI is InChI=1S/C30H50O3/c1-18-10-15-30(25(32)33)17-16-28(6)20(24(30)19(18)2)8-9-22-27(5)13-12-23(31)26(3,4)21(27)11-14-29(22,28)7/h18-24,31H,8-17H2,1-7H3,(H,32,33)/t18-,19-,20+,21-,22+,23-,24-,27-,28+,29+,30-/m0/s1. The van der Waals surface area contributed by atoms with Gasteiger partial charge in [-0.3, -0.25) is 4.79 Å². The Hall–Kier alpha value is -0.570. The van der Waals surface area contributed by atoms with E-state index in [1.165, 1.54) is 25.7 Å². The number of aliphatic hydroxyl groups excluding tert-OH is 1. The van der Waals surface area contributed by atoms with E-state index >= 15 is 0 Å². The second-order valence-electron chi connectivity index (χ2n) is 14.9. The lowest BCUT2D eigenvalue weighted by Gasteiger charge is -2.73. The highest BCUT2D eigenvalue weighted by Gasteiger charge is 2.71. The zero-order valence-electron chi connectivity index (χ0n) is 22.4. The van der Waals surface area contributed by atoms with Gasteiger partial charge in [0.25, 0.3) is 0 Å². The molecule has 3 heteroatoms. The van der Waals surface area contributed by atoms with Crippen LogP contribution in [0.2, 0.25) is 0 Å². The highest BCUT2D eigenvalue weighted by molar-refractivity contribution is 5.75. The van der Waals surface area contributed by atoms with E-state index in [1.54, 1.807) is 0 Å². The largest absolute Gasteiger partial charge is 0.481 e. The second-order valence-corrected chi connectivity index (χ2v) is 14.9. The van der Waals surface area contributed by atoms with E-state index in [2.05, 4.69) is 48.5 Å².